The van der Waals surface area contributed by atoms with Gasteiger partial charge in [0.2, 0.25) is 11.8 Å². The first kappa shape index (κ1) is 43.7. The quantitative estimate of drug-likeness (QED) is 0.0400. The maximum Gasteiger partial charge on any atom is 0.264 e. The Morgan fingerprint density at radius 2 is 1.45 bits per heavy atom. The first-order valence-corrected chi connectivity index (χ1v) is 21.3. The summed E-state index contributed by atoms with van der Waals surface area (Å²) >= 11 is 0. The molecule has 1 aromatic heterocycles. The maximum atomic E-state index is 13.2. The highest BCUT2D eigenvalue weighted by atomic mass is 16.5. The van der Waals surface area contributed by atoms with Crippen molar-refractivity contribution >= 4 is 35.1 Å². The summed E-state index contributed by atoms with van der Waals surface area (Å²) in [7, 11) is 0. The minimum Gasteiger partial charge on any atom is -0.494 e. The van der Waals surface area contributed by atoms with Crippen LogP contribution in [0.25, 0.3) is 0 Å². The van der Waals surface area contributed by atoms with Crippen LogP contribution in [0.1, 0.15) is 138 Å². The number of rotatable bonds is 24. The van der Waals surface area contributed by atoms with Crippen LogP contribution in [-0.4, -0.2) is 71.7 Å². The number of anilines is 1. The first-order chi connectivity index (χ1) is 29.2. The van der Waals surface area contributed by atoms with Crippen molar-refractivity contribution < 1.29 is 38.2 Å². The van der Waals surface area contributed by atoms with Crippen molar-refractivity contribution in [2.75, 3.05) is 31.7 Å². The molecule has 12 nitrogen and oxygen atoms in total. The molecule has 12 heteroatoms. The Hall–Kier alpha value is -5.88. The fraction of sp³-hybridized carbons (Fsp3) is 0.417. The second-order valence-corrected chi connectivity index (χ2v) is 15.4. The number of nitrogens with one attached hydrogen (secondary N) is 2. The van der Waals surface area contributed by atoms with Gasteiger partial charge in [0, 0.05) is 50.9 Å². The number of carbonyl (C=O) groups is 5. The number of hydrogen-bond acceptors (Lipinski definition) is 10. The van der Waals surface area contributed by atoms with Gasteiger partial charge in [-0.15, -0.1) is 0 Å². The van der Waals surface area contributed by atoms with Crippen LogP contribution < -0.4 is 20.1 Å². The molecule has 2 aliphatic rings. The largest absolute Gasteiger partial charge is 0.494 e. The Labute approximate surface area is 352 Å². The first-order valence-electron chi connectivity index (χ1n) is 21.3. The van der Waals surface area contributed by atoms with Gasteiger partial charge in [-0.1, -0.05) is 62.9 Å². The van der Waals surface area contributed by atoms with Crippen molar-refractivity contribution in [3.05, 3.63) is 119 Å². The molecule has 2 atom stereocenters. The number of benzene rings is 3. The summed E-state index contributed by atoms with van der Waals surface area (Å²) < 4.78 is 17.9. The van der Waals surface area contributed by atoms with E-state index in [-0.39, 0.29) is 35.7 Å². The highest BCUT2D eigenvalue weighted by Gasteiger charge is 2.45. The van der Waals surface area contributed by atoms with Crippen LogP contribution in [0.3, 0.4) is 0 Å². The number of ether oxygens (including phenoxy) is 3. The molecule has 3 heterocycles. The van der Waals surface area contributed by atoms with Crippen molar-refractivity contribution in [3.63, 3.8) is 0 Å². The van der Waals surface area contributed by atoms with Crippen LogP contribution in [0.4, 0.5) is 5.69 Å². The number of nitrogens with zero attached hydrogens (tertiary/aromatic N) is 2. The van der Waals surface area contributed by atoms with Crippen molar-refractivity contribution in [2.45, 2.75) is 103 Å². The molecule has 1 saturated heterocycles. The zero-order valence-electron chi connectivity index (χ0n) is 34.7. The smallest absolute Gasteiger partial charge is 0.264 e. The van der Waals surface area contributed by atoms with E-state index in [1.165, 1.54) is 30.9 Å². The summed E-state index contributed by atoms with van der Waals surface area (Å²) in [5.74, 6) is -0.145. The third-order valence-electron chi connectivity index (χ3n) is 11.0. The third kappa shape index (κ3) is 11.7. The fourth-order valence-corrected chi connectivity index (χ4v) is 7.70. The van der Waals surface area contributed by atoms with Crippen LogP contribution in [-0.2, 0) is 20.9 Å². The van der Waals surface area contributed by atoms with Gasteiger partial charge in [0.25, 0.3) is 11.8 Å². The summed E-state index contributed by atoms with van der Waals surface area (Å²) in [6.07, 6.45) is 11.2. The van der Waals surface area contributed by atoms with Crippen molar-refractivity contribution in [2.24, 2.45) is 0 Å². The van der Waals surface area contributed by atoms with Crippen LogP contribution in [0.2, 0.25) is 0 Å². The van der Waals surface area contributed by atoms with Gasteiger partial charge in [-0.05, 0) is 104 Å². The van der Waals surface area contributed by atoms with E-state index in [0.29, 0.717) is 37.7 Å². The van der Waals surface area contributed by atoms with Crippen molar-refractivity contribution in [3.8, 4) is 11.5 Å². The number of aromatic nitrogens is 1. The van der Waals surface area contributed by atoms with Gasteiger partial charge in [0.15, 0.2) is 5.78 Å². The van der Waals surface area contributed by atoms with Crippen molar-refractivity contribution in [1.29, 1.82) is 0 Å². The monoisotopic (exact) mass is 816 g/mol. The highest BCUT2D eigenvalue weighted by Crippen LogP contribution is 2.33. The predicted molar refractivity (Wildman–Crippen MR) is 228 cm³/mol. The standard InChI is InChI=1S/C48H56N4O8/c1-3-39(36-17-21-38(22-18-36)60-32-34-25-27-50-42(31-34)33(2)53)35-15-19-37(20-16-35)59-30-10-7-5-4-6-9-28-58-29-11-8-26-49-41-14-12-13-40-45(41)48(57)52(47(40)56)43-23-24-44(54)51-46(43)55/h12-22,25,27,31,39,43,49H,3-11,23-24,26,28-30,32H2,1-2H3,(H,51,54,55). The second kappa shape index (κ2) is 21.9. The minimum atomic E-state index is -0.980. The summed E-state index contributed by atoms with van der Waals surface area (Å²) in [6.45, 7) is 6.79. The lowest BCUT2D eigenvalue weighted by Gasteiger charge is -2.27. The van der Waals surface area contributed by atoms with E-state index in [2.05, 4.69) is 58.9 Å². The zero-order valence-corrected chi connectivity index (χ0v) is 34.7. The molecule has 0 saturated carbocycles. The number of fused-ring (bicyclic) bond motifs is 1. The lowest BCUT2D eigenvalue weighted by atomic mass is 9.89. The van der Waals surface area contributed by atoms with E-state index >= 15 is 0 Å². The van der Waals surface area contributed by atoms with Crippen LogP contribution in [0, 0.1) is 0 Å². The molecule has 316 valence electrons. The molecule has 2 unspecified atom stereocenters. The van der Waals surface area contributed by atoms with E-state index in [1.807, 2.05) is 18.2 Å². The highest BCUT2D eigenvalue weighted by molar-refractivity contribution is 6.25. The average molecular weight is 817 g/mol. The molecule has 1 fully saturated rings. The summed E-state index contributed by atoms with van der Waals surface area (Å²) in [4.78, 5) is 66.9. The second-order valence-electron chi connectivity index (χ2n) is 15.4. The summed E-state index contributed by atoms with van der Waals surface area (Å²) in [5, 5.41) is 5.51. The molecule has 6 rings (SSSR count). The van der Waals surface area contributed by atoms with Gasteiger partial charge >= 0.3 is 0 Å². The zero-order chi connectivity index (χ0) is 42.3. The number of piperidine rings is 1. The minimum absolute atomic E-state index is 0.0622. The fourth-order valence-electron chi connectivity index (χ4n) is 7.70. The van der Waals surface area contributed by atoms with Gasteiger partial charge in [-0.3, -0.25) is 39.2 Å². The van der Waals surface area contributed by atoms with Crippen LogP contribution in [0.15, 0.2) is 85.1 Å². The number of pyridine rings is 1. The predicted octanol–water partition coefficient (Wildman–Crippen LogP) is 8.43. The topological polar surface area (TPSA) is 153 Å². The SMILES string of the molecule is CCC(c1ccc(OCCCCCCCCOCCCCNc2cccc3c2C(=O)N(C2CCC(=O)NC2=O)C3=O)cc1)c1ccc(OCc2ccnc(C(C)=O)c2)cc1. The molecule has 2 N–H and O–H groups in total. The summed E-state index contributed by atoms with van der Waals surface area (Å²) in [6, 6.07) is 24.4. The van der Waals surface area contributed by atoms with Crippen LogP contribution in [0.5, 0.6) is 11.5 Å². The number of Topliss-reactive ketones (excluding diaryl/α,β-unsaturated/α-hetero) is 1. The number of amides is 4. The molecule has 4 aromatic rings. The lowest BCUT2D eigenvalue weighted by molar-refractivity contribution is -0.136. The maximum absolute atomic E-state index is 13.2. The molecule has 4 amide bonds. The Morgan fingerprint density at radius 1 is 0.800 bits per heavy atom. The van der Waals surface area contributed by atoms with E-state index in [1.54, 1.807) is 30.5 Å². The van der Waals surface area contributed by atoms with E-state index in [0.717, 1.165) is 73.5 Å². The molecule has 0 spiro atoms. The van der Waals surface area contributed by atoms with Crippen LogP contribution >= 0.6 is 0 Å². The summed E-state index contributed by atoms with van der Waals surface area (Å²) in [5.41, 5.74) is 4.95. The molecule has 60 heavy (non-hydrogen) atoms. The van der Waals surface area contributed by atoms with Gasteiger partial charge < -0.3 is 19.5 Å². The van der Waals surface area contributed by atoms with E-state index in [9.17, 15) is 24.0 Å². The molecule has 0 aliphatic carbocycles. The number of hydrogen-bond donors (Lipinski definition) is 2. The number of imide groups is 2. The van der Waals surface area contributed by atoms with Gasteiger partial charge in [-0.25, -0.2) is 0 Å². The Morgan fingerprint density at radius 3 is 2.12 bits per heavy atom. The van der Waals surface area contributed by atoms with E-state index < -0.39 is 29.7 Å². The van der Waals surface area contributed by atoms with Crippen molar-refractivity contribution in [1.82, 2.24) is 15.2 Å². The molecule has 0 bridgehead atoms. The van der Waals surface area contributed by atoms with E-state index in [4.69, 9.17) is 14.2 Å². The normalized spacial score (nSPS) is 15.4. The third-order valence-corrected chi connectivity index (χ3v) is 11.0. The van der Waals surface area contributed by atoms with Gasteiger partial charge in [0.05, 0.1) is 17.7 Å². The molecule has 2 aliphatic heterocycles. The Bertz CT molecular complexity index is 2100. The molecular formula is C48H56N4O8. The Kier molecular flexibility index (Phi) is 16.0. The number of unbranched alkanes of at least 4 members (excludes halogenated alkanes) is 6. The number of ketones is 1. The average Bonchev–Trinajstić information content (AvgIpc) is 3.51. The Balaban J connectivity index is 0.781. The molecular weight excluding hydrogens is 761 g/mol. The van der Waals surface area contributed by atoms with Gasteiger partial charge in [0.1, 0.15) is 29.8 Å². The molecule has 3 aromatic carbocycles. The number of carbonyl (C=O) groups excluding carboxylic acids is 5. The molecule has 0 radical (unpaired) electrons. The van der Waals surface area contributed by atoms with Gasteiger partial charge in [-0.2, -0.15) is 0 Å². The lowest BCUT2D eigenvalue weighted by Crippen LogP contribution is -2.54.